The summed E-state index contributed by atoms with van der Waals surface area (Å²) >= 11 is 3.60. The molecule has 34 heavy (non-hydrogen) atoms. The van der Waals surface area contributed by atoms with E-state index < -0.39 is 5.92 Å². The summed E-state index contributed by atoms with van der Waals surface area (Å²) in [5.74, 6) is 3.27. The number of benzene rings is 1. The number of nitrogens with zero attached hydrogens (tertiary/aromatic N) is 1. The van der Waals surface area contributed by atoms with E-state index in [2.05, 4.69) is 54.4 Å². The Morgan fingerprint density at radius 2 is 1.56 bits per heavy atom. The van der Waals surface area contributed by atoms with E-state index in [1.54, 1.807) is 7.11 Å². The predicted molar refractivity (Wildman–Crippen MR) is 136 cm³/mol. The first kappa shape index (κ1) is 24.6. The Balaban J connectivity index is 1.96. The molecule has 0 spiro atoms. The molecule has 0 saturated carbocycles. The molecule has 3 aliphatic rings. The molecule has 1 aromatic rings. The summed E-state index contributed by atoms with van der Waals surface area (Å²) in [6, 6.07) is 3.81. The predicted octanol–water partition coefficient (Wildman–Crippen LogP) is 5.79. The third-order valence-electron chi connectivity index (χ3n) is 7.06. The number of allylic oxidation sites excluding steroid dienone is 4. The zero-order valence-electron chi connectivity index (χ0n) is 20.8. The van der Waals surface area contributed by atoms with Gasteiger partial charge in [-0.1, -0.05) is 33.6 Å². The highest BCUT2D eigenvalue weighted by Gasteiger charge is 2.48. The second-order valence-corrected chi connectivity index (χ2v) is 12.0. The van der Waals surface area contributed by atoms with Crippen molar-refractivity contribution in [2.75, 3.05) is 20.8 Å². The van der Waals surface area contributed by atoms with Crippen LogP contribution in [-0.4, -0.2) is 37.2 Å². The first-order valence-electron chi connectivity index (χ1n) is 11.6. The molecule has 0 atom stereocenters. The topological polar surface area (TPSA) is 55.8 Å². The van der Waals surface area contributed by atoms with Crippen LogP contribution in [0.15, 0.2) is 39.1 Å². The molecular weight excluding hydrogens is 494 g/mol. The second-order valence-electron chi connectivity index (χ2n) is 11.1. The Morgan fingerprint density at radius 3 is 2.03 bits per heavy atom. The molecule has 5 nitrogen and oxygen atoms in total. The maximum atomic E-state index is 13.6. The molecule has 4 rings (SSSR count). The minimum atomic E-state index is -0.430. The lowest BCUT2D eigenvalue weighted by Gasteiger charge is -2.48. The van der Waals surface area contributed by atoms with Crippen molar-refractivity contribution >= 4 is 27.5 Å². The smallest absolute Gasteiger partial charge is 0.176 e. The van der Waals surface area contributed by atoms with Crippen LogP contribution in [0, 0.1) is 23.2 Å². The molecular formula is C28H32BrNO4. The van der Waals surface area contributed by atoms with E-state index >= 15 is 0 Å². The van der Waals surface area contributed by atoms with Crippen LogP contribution in [0.3, 0.4) is 0 Å². The number of hydrogen-bond acceptors (Lipinski definition) is 5. The zero-order chi connectivity index (χ0) is 25.0. The molecule has 0 bridgehead atoms. The van der Waals surface area contributed by atoms with Gasteiger partial charge in [0.1, 0.15) is 6.61 Å². The van der Waals surface area contributed by atoms with Crippen LogP contribution in [0.1, 0.15) is 64.9 Å². The number of ketones is 2. The molecule has 1 heterocycles. The lowest BCUT2D eigenvalue weighted by molar-refractivity contribution is -0.119. The van der Waals surface area contributed by atoms with Crippen LogP contribution in [-0.2, 0) is 9.59 Å². The summed E-state index contributed by atoms with van der Waals surface area (Å²) in [6.45, 7) is 8.64. The Hall–Kier alpha value is -2.52. The summed E-state index contributed by atoms with van der Waals surface area (Å²) in [5.41, 5.74) is 4.10. The Labute approximate surface area is 210 Å². The lowest BCUT2D eigenvalue weighted by atomic mass is 9.64. The fraction of sp³-hybridized carbons (Fsp3) is 0.500. The third kappa shape index (κ3) is 4.20. The first-order chi connectivity index (χ1) is 15.9. The summed E-state index contributed by atoms with van der Waals surface area (Å²) in [7, 11) is 3.58. The van der Waals surface area contributed by atoms with Gasteiger partial charge in [-0.2, -0.15) is 0 Å². The SMILES string of the molecule is C#CCOc1c(Br)cc(C2C3=C(CC(C)(C)CC3=O)N(C)C3=C2C(=O)CC(C)(C)C3)cc1OC. The van der Waals surface area contributed by atoms with Crippen molar-refractivity contribution in [2.45, 2.75) is 59.3 Å². The highest BCUT2D eigenvalue weighted by atomic mass is 79.9. The van der Waals surface area contributed by atoms with E-state index in [0.29, 0.717) is 28.8 Å². The van der Waals surface area contributed by atoms with E-state index in [0.717, 1.165) is 40.9 Å². The van der Waals surface area contributed by atoms with Crippen LogP contribution in [0.2, 0.25) is 0 Å². The highest BCUT2D eigenvalue weighted by Crippen LogP contribution is 2.55. The lowest BCUT2D eigenvalue weighted by Crippen LogP contribution is -2.43. The van der Waals surface area contributed by atoms with Crippen molar-refractivity contribution < 1.29 is 19.1 Å². The molecule has 0 amide bonds. The van der Waals surface area contributed by atoms with Crippen LogP contribution in [0.5, 0.6) is 11.5 Å². The summed E-state index contributed by atoms with van der Waals surface area (Å²) in [6.07, 6.45) is 7.86. The van der Waals surface area contributed by atoms with Crippen LogP contribution in [0.25, 0.3) is 0 Å². The monoisotopic (exact) mass is 525 g/mol. The molecule has 0 fully saturated rings. The van der Waals surface area contributed by atoms with Gasteiger partial charge < -0.3 is 14.4 Å². The average molecular weight is 526 g/mol. The fourth-order valence-electron chi connectivity index (χ4n) is 5.66. The average Bonchev–Trinajstić information content (AvgIpc) is 2.72. The minimum absolute atomic E-state index is 0.105. The number of halogens is 1. The standard InChI is InChI=1S/C28H32BrNO4/c1-8-9-34-26-17(29)10-16(11-22(26)33-7)23-24-18(12-27(2,3)14-20(24)31)30(6)19-13-28(4,5)15-21(32)25(19)23/h1,10-11,23H,9,12-15H2,2-7H3. The summed E-state index contributed by atoms with van der Waals surface area (Å²) in [4.78, 5) is 29.4. The van der Waals surface area contributed by atoms with Crippen molar-refractivity contribution in [3.8, 4) is 23.8 Å². The van der Waals surface area contributed by atoms with Gasteiger partial charge in [0.25, 0.3) is 0 Å². The van der Waals surface area contributed by atoms with Crippen LogP contribution < -0.4 is 9.47 Å². The Kier molecular flexibility index (Phi) is 6.23. The number of carbonyl (C=O) groups excluding carboxylic acids is 2. The molecule has 0 unspecified atom stereocenters. The van der Waals surface area contributed by atoms with Crippen molar-refractivity contribution in [1.82, 2.24) is 4.90 Å². The summed E-state index contributed by atoms with van der Waals surface area (Å²) < 4.78 is 12.0. The minimum Gasteiger partial charge on any atom is -0.493 e. The van der Waals surface area contributed by atoms with Gasteiger partial charge in [0, 0.05) is 48.3 Å². The van der Waals surface area contributed by atoms with E-state index in [-0.39, 0.29) is 29.0 Å². The number of Topliss-reactive ketones (excluding diaryl/α,β-unsaturated/α-hetero) is 2. The van der Waals surface area contributed by atoms with Crippen molar-refractivity contribution in [2.24, 2.45) is 10.8 Å². The number of methoxy groups -OCH3 is 1. The Bertz CT molecular complexity index is 1130. The number of rotatable bonds is 4. The third-order valence-corrected chi connectivity index (χ3v) is 7.65. The largest absolute Gasteiger partial charge is 0.493 e. The van der Waals surface area contributed by atoms with Gasteiger partial charge in [0.15, 0.2) is 23.1 Å². The van der Waals surface area contributed by atoms with Gasteiger partial charge in [-0.25, -0.2) is 0 Å². The number of terminal acetylenes is 1. The normalized spacial score (nSPS) is 21.8. The van der Waals surface area contributed by atoms with Gasteiger partial charge in [0.2, 0.25) is 0 Å². The van der Waals surface area contributed by atoms with E-state index in [1.807, 2.05) is 19.2 Å². The maximum absolute atomic E-state index is 13.6. The number of hydrogen-bond donors (Lipinski definition) is 0. The molecule has 180 valence electrons. The second kappa shape index (κ2) is 8.61. The number of carbonyl (C=O) groups is 2. The zero-order valence-corrected chi connectivity index (χ0v) is 22.4. The van der Waals surface area contributed by atoms with E-state index in [9.17, 15) is 9.59 Å². The van der Waals surface area contributed by atoms with Crippen molar-refractivity contribution in [3.05, 3.63) is 44.7 Å². The quantitative estimate of drug-likeness (QED) is 0.466. The van der Waals surface area contributed by atoms with Gasteiger partial charge in [0.05, 0.1) is 11.6 Å². The molecule has 1 aliphatic heterocycles. The maximum Gasteiger partial charge on any atom is 0.176 e. The highest BCUT2D eigenvalue weighted by molar-refractivity contribution is 9.10. The summed E-state index contributed by atoms with van der Waals surface area (Å²) in [5, 5.41) is 0. The molecule has 0 saturated heterocycles. The fourth-order valence-corrected chi connectivity index (χ4v) is 6.23. The number of ether oxygens (including phenoxy) is 2. The van der Waals surface area contributed by atoms with E-state index in [1.165, 1.54) is 0 Å². The molecule has 0 aromatic heterocycles. The molecule has 1 aromatic carbocycles. The van der Waals surface area contributed by atoms with Gasteiger partial charge in [-0.15, -0.1) is 6.42 Å². The van der Waals surface area contributed by atoms with Crippen LogP contribution in [0.4, 0.5) is 0 Å². The van der Waals surface area contributed by atoms with Crippen LogP contribution >= 0.6 is 15.9 Å². The van der Waals surface area contributed by atoms with Crippen molar-refractivity contribution in [1.29, 1.82) is 0 Å². The molecule has 0 N–H and O–H groups in total. The van der Waals surface area contributed by atoms with E-state index in [4.69, 9.17) is 15.9 Å². The first-order valence-corrected chi connectivity index (χ1v) is 12.4. The molecule has 6 heteroatoms. The van der Waals surface area contributed by atoms with Crippen molar-refractivity contribution in [3.63, 3.8) is 0 Å². The van der Waals surface area contributed by atoms with Gasteiger partial charge in [-0.3, -0.25) is 9.59 Å². The molecule has 2 aliphatic carbocycles. The van der Waals surface area contributed by atoms with Gasteiger partial charge in [-0.05, 0) is 57.3 Å². The Morgan fingerprint density at radius 1 is 1.03 bits per heavy atom. The van der Waals surface area contributed by atoms with Gasteiger partial charge >= 0.3 is 0 Å². The molecule has 0 radical (unpaired) electrons.